The number of likely N-dealkylation sites (N-methyl/N-ethyl adjacent to an activating group) is 1. The van der Waals surface area contributed by atoms with Crippen molar-refractivity contribution >= 4 is 18.3 Å². The molecule has 1 heterocycles. The summed E-state index contributed by atoms with van der Waals surface area (Å²) in [6, 6.07) is -0.892. The maximum atomic E-state index is 11.0. The average Bonchev–Trinajstić information content (AvgIpc) is 2.87. The lowest BCUT2D eigenvalue weighted by Crippen LogP contribution is -2.47. The van der Waals surface area contributed by atoms with Crippen molar-refractivity contribution in [3.63, 3.8) is 0 Å². The third-order valence-electron chi connectivity index (χ3n) is 2.96. The fraction of sp³-hybridized carbons (Fsp3) is 0.667. The number of allylic oxidation sites excluding steroid dienone is 1. The summed E-state index contributed by atoms with van der Waals surface area (Å²) in [6.45, 7) is 4.76. The summed E-state index contributed by atoms with van der Waals surface area (Å²) in [6.07, 6.45) is 3.29. The Labute approximate surface area is 136 Å². The van der Waals surface area contributed by atoms with E-state index in [4.69, 9.17) is 5.11 Å². The standard InChI is InChI=1S/C10H16N2O3.C5H11NO2/c1-2-3-4-8(13)9(10(14)15)12-6-5-11-7-12;1-6(2,3)4-5(7)8/h2,7-9,13H,1,3-6H2,(H,14,15);4H2,1-3H3. The molecule has 23 heavy (non-hydrogen) atoms. The maximum Gasteiger partial charge on any atom is 0.329 e. The largest absolute Gasteiger partial charge is 0.544 e. The number of hydrogen-bond donors (Lipinski definition) is 2. The van der Waals surface area contributed by atoms with E-state index in [1.165, 1.54) is 6.34 Å². The lowest BCUT2D eigenvalue weighted by Gasteiger charge is -2.27. The SMILES string of the molecule is C=CCCC(O)C(C(=O)O)N1C=NCC1.C[N+](C)(C)CC(=O)[O-]. The number of carboxylic acids is 2. The number of carbonyl (C=O) groups is 2. The second kappa shape index (κ2) is 9.96. The number of aliphatic hydroxyl groups is 1. The van der Waals surface area contributed by atoms with Gasteiger partial charge in [0, 0.05) is 6.54 Å². The first-order valence-corrected chi connectivity index (χ1v) is 7.36. The third-order valence-corrected chi connectivity index (χ3v) is 2.96. The first kappa shape index (κ1) is 21.1. The highest BCUT2D eigenvalue weighted by Crippen LogP contribution is 2.11. The number of quaternary nitrogens is 1. The minimum Gasteiger partial charge on any atom is -0.544 e. The molecule has 0 saturated carbocycles. The van der Waals surface area contributed by atoms with Crippen LogP contribution in [0.2, 0.25) is 0 Å². The molecular formula is C15H27N3O5. The summed E-state index contributed by atoms with van der Waals surface area (Å²) in [4.78, 5) is 26.4. The molecule has 0 aliphatic carbocycles. The quantitative estimate of drug-likeness (QED) is 0.416. The molecule has 132 valence electrons. The molecule has 0 aromatic rings. The maximum absolute atomic E-state index is 11.0. The average molecular weight is 329 g/mol. The van der Waals surface area contributed by atoms with Gasteiger partial charge in [-0.2, -0.15) is 0 Å². The zero-order valence-corrected chi connectivity index (χ0v) is 14.0. The van der Waals surface area contributed by atoms with Gasteiger partial charge in [0.05, 0.1) is 46.1 Å². The van der Waals surface area contributed by atoms with Crippen LogP contribution in [0.25, 0.3) is 0 Å². The van der Waals surface area contributed by atoms with E-state index in [9.17, 15) is 19.8 Å². The van der Waals surface area contributed by atoms with Gasteiger partial charge in [-0.05, 0) is 12.8 Å². The van der Waals surface area contributed by atoms with E-state index in [2.05, 4.69) is 11.6 Å². The molecule has 0 saturated heterocycles. The Bertz CT molecular complexity index is 431. The Morgan fingerprint density at radius 1 is 1.48 bits per heavy atom. The van der Waals surface area contributed by atoms with Crippen LogP contribution < -0.4 is 5.11 Å². The minimum absolute atomic E-state index is 0.0694. The van der Waals surface area contributed by atoms with E-state index in [1.54, 1.807) is 32.1 Å². The van der Waals surface area contributed by atoms with E-state index >= 15 is 0 Å². The van der Waals surface area contributed by atoms with E-state index in [0.717, 1.165) is 0 Å². The number of aliphatic hydroxyl groups excluding tert-OH is 1. The minimum atomic E-state index is -1.01. The van der Waals surface area contributed by atoms with Crippen molar-refractivity contribution in [3.8, 4) is 0 Å². The van der Waals surface area contributed by atoms with Crippen molar-refractivity contribution in [2.45, 2.75) is 25.0 Å². The molecule has 2 unspecified atom stereocenters. The molecule has 0 amide bonds. The Hall–Kier alpha value is -1.93. The number of nitrogens with zero attached hydrogens (tertiary/aromatic N) is 3. The van der Waals surface area contributed by atoms with Crippen molar-refractivity contribution in [1.29, 1.82) is 0 Å². The van der Waals surface area contributed by atoms with Crippen molar-refractivity contribution in [3.05, 3.63) is 12.7 Å². The van der Waals surface area contributed by atoms with Crippen molar-refractivity contribution in [2.24, 2.45) is 4.99 Å². The van der Waals surface area contributed by atoms with Crippen LogP contribution in [0.5, 0.6) is 0 Å². The molecule has 1 aliphatic heterocycles. The Kier molecular flexibility index (Phi) is 9.12. The molecule has 2 N–H and O–H groups in total. The predicted octanol–water partition coefficient (Wildman–Crippen LogP) is -1.45. The van der Waals surface area contributed by atoms with E-state index in [-0.39, 0.29) is 6.54 Å². The number of aliphatic carboxylic acids is 2. The summed E-state index contributed by atoms with van der Waals surface area (Å²) >= 11 is 0. The number of aliphatic imine (C=N–C) groups is 1. The number of hydrogen-bond acceptors (Lipinski definition) is 6. The number of carbonyl (C=O) groups excluding carboxylic acids is 1. The van der Waals surface area contributed by atoms with Gasteiger partial charge in [0.2, 0.25) is 0 Å². The van der Waals surface area contributed by atoms with E-state index < -0.39 is 24.1 Å². The van der Waals surface area contributed by atoms with Crippen LogP contribution in [-0.2, 0) is 9.59 Å². The van der Waals surface area contributed by atoms with Gasteiger partial charge in [0.25, 0.3) is 0 Å². The molecule has 0 radical (unpaired) electrons. The first-order valence-electron chi connectivity index (χ1n) is 7.36. The molecule has 8 heteroatoms. The third kappa shape index (κ3) is 9.64. The van der Waals surface area contributed by atoms with Crippen molar-refractivity contribution < 1.29 is 29.4 Å². The molecule has 0 bridgehead atoms. The molecule has 8 nitrogen and oxygen atoms in total. The fourth-order valence-corrected chi connectivity index (χ4v) is 1.97. The molecule has 1 rings (SSSR count). The number of carboxylic acid groups (broad SMARTS) is 2. The zero-order valence-electron chi connectivity index (χ0n) is 14.0. The van der Waals surface area contributed by atoms with Crippen molar-refractivity contribution in [2.75, 3.05) is 40.8 Å². The van der Waals surface area contributed by atoms with Gasteiger partial charge in [0.15, 0.2) is 6.04 Å². The van der Waals surface area contributed by atoms with Crippen LogP contribution in [0.15, 0.2) is 17.6 Å². The topological polar surface area (TPSA) is 113 Å². The van der Waals surface area contributed by atoms with Crippen LogP contribution in [0.4, 0.5) is 0 Å². The van der Waals surface area contributed by atoms with Gasteiger partial charge in [0.1, 0.15) is 6.54 Å². The van der Waals surface area contributed by atoms with E-state index in [1.807, 2.05) is 0 Å². The first-order chi connectivity index (χ1) is 10.6. The molecule has 0 aromatic heterocycles. The zero-order chi connectivity index (χ0) is 18.0. The Morgan fingerprint density at radius 3 is 2.39 bits per heavy atom. The normalized spacial score (nSPS) is 16.3. The van der Waals surface area contributed by atoms with Gasteiger partial charge in [-0.15, -0.1) is 6.58 Å². The molecule has 1 aliphatic rings. The van der Waals surface area contributed by atoms with Gasteiger partial charge in [-0.25, -0.2) is 4.79 Å². The lowest BCUT2D eigenvalue weighted by molar-refractivity contribution is -0.864. The smallest absolute Gasteiger partial charge is 0.329 e. The molecule has 2 atom stereocenters. The molecular weight excluding hydrogens is 302 g/mol. The van der Waals surface area contributed by atoms with Crippen LogP contribution in [0.1, 0.15) is 12.8 Å². The van der Waals surface area contributed by atoms with Crippen LogP contribution in [-0.4, -0.2) is 90.8 Å². The highest BCUT2D eigenvalue weighted by atomic mass is 16.4. The molecule has 0 aromatic carbocycles. The monoisotopic (exact) mass is 329 g/mol. The fourth-order valence-electron chi connectivity index (χ4n) is 1.97. The van der Waals surface area contributed by atoms with Gasteiger partial charge in [-0.3, -0.25) is 4.99 Å². The Balaban J connectivity index is 0.000000515. The van der Waals surface area contributed by atoms with Gasteiger partial charge >= 0.3 is 5.97 Å². The summed E-state index contributed by atoms with van der Waals surface area (Å²) in [7, 11) is 5.40. The second-order valence-corrected chi connectivity index (χ2v) is 6.30. The summed E-state index contributed by atoms with van der Waals surface area (Å²) in [5.41, 5.74) is 0. The molecule has 0 fully saturated rings. The Morgan fingerprint density at radius 2 is 2.09 bits per heavy atom. The lowest BCUT2D eigenvalue weighted by atomic mass is 10.0. The predicted molar refractivity (Wildman–Crippen MR) is 84.8 cm³/mol. The van der Waals surface area contributed by atoms with Gasteiger partial charge < -0.3 is 29.5 Å². The number of rotatable bonds is 8. The summed E-state index contributed by atoms with van der Waals surface area (Å²) in [5.74, 6) is -2.02. The summed E-state index contributed by atoms with van der Waals surface area (Å²) < 4.78 is 0.419. The second-order valence-electron chi connectivity index (χ2n) is 6.30. The van der Waals surface area contributed by atoms with Crippen LogP contribution in [0.3, 0.4) is 0 Å². The highest BCUT2D eigenvalue weighted by molar-refractivity contribution is 5.78. The molecule has 0 spiro atoms. The van der Waals surface area contributed by atoms with Crippen molar-refractivity contribution in [1.82, 2.24) is 4.90 Å². The highest BCUT2D eigenvalue weighted by Gasteiger charge is 2.31. The summed E-state index contributed by atoms with van der Waals surface area (Å²) in [5, 5.41) is 28.6. The van der Waals surface area contributed by atoms with Crippen LogP contribution >= 0.6 is 0 Å². The van der Waals surface area contributed by atoms with Gasteiger partial charge in [-0.1, -0.05) is 6.08 Å². The van der Waals surface area contributed by atoms with E-state index in [0.29, 0.717) is 30.4 Å². The van der Waals surface area contributed by atoms with Crippen LogP contribution in [0, 0.1) is 0 Å².